The third-order valence-electron chi connectivity index (χ3n) is 5.31. The van der Waals surface area contributed by atoms with E-state index in [1.807, 2.05) is 24.3 Å². The van der Waals surface area contributed by atoms with E-state index in [9.17, 15) is 9.59 Å². The number of ether oxygens (including phenoxy) is 1. The Morgan fingerprint density at radius 2 is 1.72 bits per heavy atom. The van der Waals surface area contributed by atoms with Crippen LogP contribution in [0.15, 0.2) is 60.8 Å². The van der Waals surface area contributed by atoms with Crippen LogP contribution in [-0.4, -0.2) is 38.1 Å². The van der Waals surface area contributed by atoms with Crippen LogP contribution < -0.4 is 15.5 Å². The summed E-state index contributed by atoms with van der Waals surface area (Å²) in [6.07, 6.45) is 0. The highest BCUT2D eigenvalue weighted by Crippen LogP contribution is 2.33. The molecule has 2 saturated heterocycles. The molecule has 0 radical (unpaired) electrons. The van der Waals surface area contributed by atoms with Crippen LogP contribution in [0.4, 0.5) is 10.5 Å². The van der Waals surface area contributed by atoms with Crippen molar-refractivity contribution in [2.45, 2.75) is 6.04 Å². The number of ketones is 1. The summed E-state index contributed by atoms with van der Waals surface area (Å²) in [7, 11) is 0. The van der Waals surface area contributed by atoms with Crippen molar-refractivity contribution in [3.8, 4) is 0 Å². The number of carbonyl (C=O) groups excluding carboxylic acids is 2. The zero-order valence-electron chi connectivity index (χ0n) is 15.9. The quantitative estimate of drug-likeness (QED) is 0.755. The second-order valence-corrected chi connectivity index (χ2v) is 7.58. The van der Waals surface area contributed by atoms with E-state index in [-0.39, 0.29) is 11.8 Å². The molecule has 0 saturated carbocycles. The lowest BCUT2D eigenvalue weighted by Crippen LogP contribution is -2.50. The van der Waals surface area contributed by atoms with Crippen LogP contribution in [0.25, 0.3) is 0 Å². The molecule has 0 unspecified atom stereocenters. The third kappa shape index (κ3) is 4.13. The Hall–Kier alpha value is -2.83. The van der Waals surface area contributed by atoms with E-state index in [4.69, 9.17) is 16.3 Å². The summed E-state index contributed by atoms with van der Waals surface area (Å²) < 4.78 is 5.40. The monoisotopic (exact) mass is 411 g/mol. The number of nitrogens with zero attached hydrogens (tertiary/aromatic N) is 1. The van der Waals surface area contributed by atoms with Gasteiger partial charge in [-0.05, 0) is 42.0 Å². The number of hydrogen-bond donors (Lipinski definition) is 2. The first-order valence-corrected chi connectivity index (χ1v) is 9.89. The summed E-state index contributed by atoms with van der Waals surface area (Å²) in [4.78, 5) is 27.5. The van der Waals surface area contributed by atoms with Gasteiger partial charge in [0.1, 0.15) is 0 Å². The van der Waals surface area contributed by atoms with Crippen LogP contribution in [0, 0.1) is 5.92 Å². The lowest BCUT2D eigenvalue weighted by Gasteiger charge is -2.34. The lowest BCUT2D eigenvalue weighted by molar-refractivity contribution is 0.0905. The molecule has 2 amide bonds. The van der Waals surface area contributed by atoms with Crippen LogP contribution in [0.1, 0.15) is 22.0 Å². The zero-order valence-corrected chi connectivity index (χ0v) is 16.6. The molecule has 0 spiro atoms. The van der Waals surface area contributed by atoms with Gasteiger partial charge in [0.2, 0.25) is 0 Å². The molecule has 150 valence electrons. The fourth-order valence-electron chi connectivity index (χ4n) is 3.78. The maximum Gasteiger partial charge on any atom is 0.319 e. The second-order valence-electron chi connectivity index (χ2n) is 7.14. The Morgan fingerprint density at radius 1 is 1.07 bits per heavy atom. The molecule has 6 nitrogen and oxygen atoms in total. The summed E-state index contributed by atoms with van der Waals surface area (Å²) >= 11 is 5.94. The van der Waals surface area contributed by atoms with Crippen molar-refractivity contribution in [3.05, 3.63) is 77.0 Å². The molecule has 2 aromatic rings. The number of hydrogen-bond acceptors (Lipinski definition) is 4. The number of nitrogens with one attached hydrogen (secondary N) is 2. The molecular weight excluding hydrogens is 390 g/mol. The van der Waals surface area contributed by atoms with Crippen molar-refractivity contribution >= 4 is 29.1 Å². The van der Waals surface area contributed by atoms with Gasteiger partial charge < -0.3 is 20.3 Å². The first-order chi connectivity index (χ1) is 14.0. The minimum Gasteiger partial charge on any atom is -0.378 e. The molecule has 2 aromatic carbocycles. The van der Waals surface area contributed by atoms with Gasteiger partial charge >= 0.3 is 6.03 Å². The van der Waals surface area contributed by atoms with Gasteiger partial charge in [-0.2, -0.15) is 0 Å². The van der Waals surface area contributed by atoms with E-state index < -0.39 is 12.0 Å². The van der Waals surface area contributed by atoms with E-state index in [0.29, 0.717) is 29.5 Å². The van der Waals surface area contributed by atoms with Gasteiger partial charge in [-0.3, -0.25) is 4.79 Å². The van der Waals surface area contributed by atoms with Crippen LogP contribution >= 0.6 is 11.6 Å². The van der Waals surface area contributed by atoms with Crippen molar-refractivity contribution < 1.29 is 14.3 Å². The highest BCUT2D eigenvalue weighted by molar-refractivity contribution is 6.30. The van der Waals surface area contributed by atoms with Crippen LogP contribution in [-0.2, 0) is 4.74 Å². The number of amides is 2. The van der Waals surface area contributed by atoms with E-state index in [1.165, 1.54) is 0 Å². The lowest BCUT2D eigenvalue weighted by atomic mass is 9.83. The second kappa shape index (κ2) is 8.27. The van der Waals surface area contributed by atoms with E-state index >= 15 is 0 Å². The van der Waals surface area contributed by atoms with Crippen molar-refractivity contribution in [2.24, 2.45) is 5.92 Å². The van der Waals surface area contributed by atoms with Gasteiger partial charge in [0.05, 0.1) is 25.2 Å². The molecule has 2 atom stereocenters. The fourth-order valence-corrected chi connectivity index (χ4v) is 3.90. The Morgan fingerprint density at radius 3 is 2.38 bits per heavy atom. The summed E-state index contributed by atoms with van der Waals surface area (Å²) in [6, 6.07) is 13.8. The Labute approximate surface area is 174 Å². The Kier molecular flexibility index (Phi) is 5.56. The van der Waals surface area contributed by atoms with Gasteiger partial charge in [0.25, 0.3) is 0 Å². The van der Waals surface area contributed by atoms with Gasteiger partial charge in [0, 0.05) is 35.1 Å². The van der Waals surface area contributed by atoms with Crippen molar-refractivity contribution in [1.29, 1.82) is 0 Å². The molecule has 0 aromatic heterocycles. The van der Waals surface area contributed by atoms with Crippen molar-refractivity contribution in [1.82, 2.24) is 10.6 Å². The number of halogens is 1. The average molecular weight is 412 g/mol. The molecule has 4 rings (SSSR count). The fraction of sp³-hybridized carbons (Fsp3) is 0.273. The maximum atomic E-state index is 13.2. The molecule has 2 aliphatic rings. The highest BCUT2D eigenvalue weighted by atomic mass is 35.5. The molecule has 0 bridgehead atoms. The van der Waals surface area contributed by atoms with E-state index in [0.717, 1.165) is 24.3 Å². The smallest absolute Gasteiger partial charge is 0.319 e. The van der Waals surface area contributed by atoms with Crippen LogP contribution in [0.2, 0.25) is 5.02 Å². The standard InChI is InChI=1S/C22H22ClN3O3/c1-14-19(21(27)16-2-6-17(23)7-3-16)20(25-22(28)24-14)15-4-8-18(9-5-15)26-10-12-29-13-11-26/h2-9,19-20H,1,10-13H2,(H2,24,25,28)/t19-,20-/m1/s1. The minimum atomic E-state index is -0.622. The number of carbonyl (C=O) groups is 2. The van der Waals surface area contributed by atoms with E-state index in [2.05, 4.69) is 22.1 Å². The number of urea groups is 1. The molecule has 2 N–H and O–H groups in total. The Balaban J connectivity index is 1.61. The number of rotatable bonds is 4. The summed E-state index contributed by atoms with van der Waals surface area (Å²) in [6.45, 7) is 7.05. The van der Waals surface area contributed by atoms with Gasteiger partial charge in [-0.1, -0.05) is 30.3 Å². The zero-order chi connectivity index (χ0) is 20.4. The number of morpholine rings is 1. The molecular formula is C22H22ClN3O3. The highest BCUT2D eigenvalue weighted by Gasteiger charge is 2.38. The number of Topliss-reactive ketones (excluding diaryl/α,β-unsaturated/α-hetero) is 1. The molecule has 2 aliphatic heterocycles. The molecule has 29 heavy (non-hydrogen) atoms. The summed E-state index contributed by atoms with van der Waals surface area (Å²) in [5, 5.41) is 6.08. The number of benzene rings is 2. The third-order valence-corrected chi connectivity index (χ3v) is 5.56. The average Bonchev–Trinajstić information content (AvgIpc) is 2.74. The largest absolute Gasteiger partial charge is 0.378 e. The van der Waals surface area contributed by atoms with Crippen LogP contribution in [0.3, 0.4) is 0 Å². The topological polar surface area (TPSA) is 70.7 Å². The number of anilines is 1. The molecule has 7 heteroatoms. The first kappa shape index (κ1) is 19.5. The predicted molar refractivity (Wildman–Crippen MR) is 112 cm³/mol. The SMILES string of the molecule is C=C1NC(=O)N[C@H](c2ccc(N3CCOCC3)cc2)[C@@H]1C(=O)c1ccc(Cl)cc1. The maximum absolute atomic E-state index is 13.2. The van der Waals surface area contributed by atoms with Gasteiger partial charge in [0.15, 0.2) is 5.78 Å². The molecule has 2 fully saturated rings. The van der Waals surface area contributed by atoms with Crippen molar-refractivity contribution in [2.75, 3.05) is 31.2 Å². The van der Waals surface area contributed by atoms with Crippen molar-refractivity contribution in [3.63, 3.8) is 0 Å². The van der Waals surface area contributed by atoms with Crippen LogP contribution in [0.5, 0.6) is 0 Å². The summed E-state index contributed by atoms with van der Waals surface area (Å²) in [5.74, 6) is -0.746. The van der Waals surface area contributed by atoms with Gasteiger partial charge in [-0.15, -0.1) is 0 Å². The molecule has 2 heterocycles. The predicted octanol–water partition coefficient (Wildman–Crippen LogP) is 3.54. The minimum absolute atomic E-state index is 0.124. The summed E-state index contributed by atoms with van der Waals surface area (Å²) in [5.41, 5.74) is 2.85. The first-order valence-electron chi connectivity index (χ1n) is 9.51. The van der Waals surface area contributed by atoms with Gasteiger partial charge in [-0.25, -0.2) is 4.79 Å². The Bertz CT molecular complexity index is 921. The van der Waals surface area contributed by atoms with E-state index in [1.54, 1.807) is 24.3 Å². The molecule has 0 aliphatic carbocycles. The normalized spacial score (nSPS) is 22.0.